The number of hydrogen-bond acceptors (Lipinski definition) is 6. The van der Waals surface area contributed by atoms with Gasteiger partial charge in [-0.15, -0.1) is 21.5 Å². The number of nitrogens with zero attached hydrogens (tertiary/aromatic N) is 4. The number of thiophene rings is 1. The molecule has 0 amide bonds. The van der Waals surface area contributed by atoms with Gasteiger partial charge in [-0.05, 0) is 12.5 Å². The summed E-state index contributed by atoms with van der Waals surface area (Å²) in [5, 5.41) is 12.0. The molecule has 0 fully saturated rings. The lowest BCUT2D eigenvalue weighted by molar-refractivity contribution is 0.786. The Labute approximate surface area is 187 Å². The molecule has 0 bridgehead atoms. The van der Waals surface area contributed by atoms with Gasteiger partial charge in [-0.2, -0.15) is 0 Å². The SMILES string of the molecule is CC(Sc1nnc(-c2ccccc2)n1C)c1nc2scc(-c3ccccc3)c2c(=O)[nH]1. The second-order valence-electron chi connectivity index (χ2n) is 7.14. The molecule has 0 aliphatic carbocycles. The maximum Gasteiger partial charge on any atom is 0.260 e. The van der Waals surface area contributed by atoms with Crippen LogP contribution in [-0.2, 0) is 7.05 Å². The van der Waals surface area contributed by atoms with Gasteiger partial charge in [0.2, 0.25) is 0 Å². The van der Waals surface area contributed by atoms with Crippen LogP contribution in [0.25, 0.3) is 32.7 Å². The molecule has 5 rings (SSSR count). The smallest absolute Gasteiger partial charge is 0.260 e. The molecule has 2 aromatic carbocycles. The molecule has 3 aromatic heterocycles. The van der Waals surface area contributed by atoms with Gasteiger partial charge in [0, 0.05) is 23.6 Å². The zero-order chi connectivity index (χ0) is 21.4. The highest BCUT2D eigenvalue weighted by Gasteiger charge is 2.19. The number of nitrogens with one attached hydrogen (secondary N) is 1. The van der Waals surface area contributed by atoms with Crippen molar-refractivity contribution in [2.24, 2.45) is 7.05 Å². The van der Waals surface area contributed by atoms with Gasteiger partial charge in [0.05, 0.1) is 10.6 Å². The molecule has 0 spiro atoms. The fourth-order valence-corrected chi connectivity index (χ4v) is 5.29. The topological polar surface area (TPSA) is 76.5 Å². The van der Waals surface area contributed by atoms with Crippen molar-refractivity contribution in [1.29, 1.82) is 0 Å². The highest BCUT2D eigenvalue weighted by atomic mass is 32.2. The molecule has 3 heterocycles. The van der Waals surface area contributed by atoms with Crippen LogP contribution < -0.4 is 5.56 Å². The lowest BCUT2D eigenvalue weighted by Gasteiger charge is -2.10. The zero-order valence-electron chi connectivity index (χ0n) is 16.9. The number of aromatic nitrogens is 5. The molecule has 0 aliphatic heterocycles. The first-order chi connectivity index (χ1) is 15.1. The van der Waals surface area contributed by atoms with Gasteiger partial charge >= 0.3 is 0 Å². The number of aromatic amines is 1. The summed E-state index contributed by atoms with van der Waals surface area (Å²) < 4.78 is 1.96. The van der Waals surface area contributed by atoms with Gasteiger partial charge in [0.15, 0.2) is 11.0 Å². The van der Waals surface area contributed by atoms with Gasteiger partial charge in [-0.25, -0.2) is 4.98 Å². The maximum absolute atomic E-state index is 12.9. The Morgan fingerprint density at radius 1 is 1.00 bits per heavy atom. The molecule has 5 aromatic rings. The minimum atomic E-state index is -0.115. The van der Waals surface area contributed by atoms with Crippen molar-refractivity contribution < 1.29 is 0 Å². The summed E-state index contributed by atoms with van der Waals surface area (Å²) in [7, 11) is 1.95. The summed E-state index contributed by atoms with van der Waals surface area (Å²) >= 11 is 3.01. The second-order valence-corrected chi connectivity index (χ2v) is 9.30. The van der Waals surface area contributed by atoms with Crippen molar-refractivity contribution in [1.82, 2.24) is 24.7 Å². The largest absolute Gasteiger partial charge is 0.309 e. The number of hydrogen-bond donors (Lipinski definition) is 1. The molecule has 1 N–H and O–H groups in total. The van der Waals surface area contributed by atoms with E-state index in [1.54, 1.807) is 0 Å². The number of thioether (sulfide) groups is 1. The predicted octanol–water partition coefficient (Wildman–Crippen LogP) is 5.30. The highest BCUT2D eigenvalue weighted by Crippen LogP contribution is 2.35. The van der Waals surface area contributed by atoms with E-state index in [0.717, 1.165) is 32.5 Å². The number of H-pyrrole nitrogens is 1. The molecular formula is C23H19N5OS2. The van der Waals surface area contributed by atoms with Gasteiger partial charge in [0.25, 0.3) is 5.56 Å². The van der Waals surface area contributed by atoms with Gasteiger partial charge in [0.1, 0.15) is 10.7 Å². The van der Waals surface area contributed by atoms with E-state index < -0.39 is 0 Å². The summed E-state index contributed by atoms with van der Waals surface area (Å²) in [5.74, 6) is 1.44. The first-order valence-electron chi connectivity index (χ1n) is 9.80. The lowest BCUT2D eigenvalue weighted by Crippen LogP contribution is -2.12. The van der Waals surface area contributed by atoms with Crippen molar-refractivity contribution >= 4 is 33.3 Å². The van der Waals surface area contributed by atoms with Crippen LogP contribution in [0.2, 0.25) is 0 Å². The Morgan fingerprint density at radius 2 is 1.68 bits per heavy atom. The Bertz CT molecular complexity index is 1410. The average Bonchev–Trinajstić information content (AvgIpc) is 3.39. The molecular weight excluding hydrogens is 426 g/mol. The Morgan fingerprint density at radius 3 is 2.39 bits per heavy atom. The molecule has 0 saturated carbocycles. The highest BCUT2D eigenvalue weighted by molar-refractivity contribution is 7.99. The van der Waals surface area contributed by atoms with Crippen LogP contribution in [0.1, 0.15) is 18.0 Å². The summed E-state index contributed by atoms with van der Waals surface area (Å²) in [6, 6.07) is 19.9. The molecule has 0 aliphatic rings. The average molecular weight is 446 g/mol. The fourth-order valence-electron chi connectivity index (χ4n) is 3.46. The number of fused-ring (bicyclic) bond motifs is 1. The summed E-state index contributed by atoms with van der Waals surface area (Å²) in [4.78, 5) is 21.4. The molecule has 1 unspecified atom stereocenters. The van der Waals surface area contributed by atoms with E-state index >= 15 is 0 Å². The zero-order valence-corrected chi connectivity index (χ0v) is 18.6. The van der Waals surface area contributed by atoms with E-state index in [4.69, 9.17) is 4.98 Å². The van der Waals surface area contributed by atoms with E-state index in [9.17, 15) is 4.79 Å². The van der Waals surface area contributed by atoms with Gasteiger partial charge in [-0.1, -0.05) is 72.4 Å². The molecule has 0 saturated heterocycles. The summed E-state index contributed by atoms with van der Waals surface area (Å²) in [6.07, 6.45) is 0. The fraction of sp³-hybridized carbons (Fsp3) is 0.130. The van der Waals surface area contributed by atoms with Crippen molar-refractivity contribution in [3.63, 3.8) is 0 Å². The van der Waals surface area contributed by atoms with Crippen molar-refractivity contribution in [2.45, 2.75) is 17.3 Å². The van der Waals surface area contributed by atoms with Crippen molar-refractivity contribution in [3.8, 4) is 22.5 Å². The van der Waals surface area contributed by atoms with Crippen LogP contribution in [0.4, 0.5) is 0 Å². The monoisotopic (exact) mass is 445 g/mol. The van der Waals surface area contributed by atoms with E-state index in [1.165, 1.54) is 23.1 Å². The maximum atomic E-state index is 12.9. The Hall–Kier alpha value is -3.23. The van der Waals surface area contributed by atoms with Crippen LogP contribution in [0.15, 0.2) is 76.0 Å². The Balaban J connectivity index is 1.45. The summed E-state index contributed by atoms with van der Waals surface area (Å²) in [5.41, 5.74) is 2.83. The number of rotatable bonds is 5. The predicted molar refractivity (Wildman–Crippen MR) is 126 cm³/mol. The first-order valence-corrected chi connectivity index (χ1v) is 11.6. The van der Waals surface area contributed by atoms with Crippen molar-refractivity contribution in [3.05, 3.63) is 82.2 Å². The van der Waals surface area contributed by atoms with Crippen LogP contribution >= 0.6 is 23.1 Å². The Kier molecular flexibility index (Phi) is 5.17. The molecule has 31 heavy (non-hydrogen) atoms. The quantitative estimate of drug-likeness (QED) is 0.372. The molecule has 8 heteroatoms. The summed E-state index contributed by atoms with van der Waals surface area (Å²) in [6.45, 7) is 2.01. The molecule has 154 valence electrons. The number of benzene rings is 2. The van der Waals surface area contributed by atoms with Crippen LogP contribution in [0, 0.1) is 0 Å². The standard InChI is InChI=1S/C23H19N5OS2/c1-14(31-23-27-26-20(28(23)2)16-11-7-4-8-12-16)19-24-21(29)18-17(13-30-22(18)25-19)15-9-5-3-6-10-15/h3-14H,1-2H3,(H,24,25,29). The van der Waals surface area contributed by atoms with Gasteiger partial charge < -0.3 is 9.55 Å². The minimum Gasteiger partial charge on any atom is -0.309 e. The van der Waals surface area contributed by atoms with E-state index in [0.29, 0.717) is 11.2 Å². The first kappa shape index (κ1) is 19.7. The van der Waals surface area contributed by atoms with Crippen LogP contribution in [0.3, 0.4) is 0 Å². The molecule has 1 atom stereocenters. The molecule has 0 radical (unpaired) electrons. The minimum absolute atomic E-state index is 0.0918. The normalized spacial score (nSPS) is 12.3. The van der Waals surface area contributed by atoms with Crippen LogP contribution in [0.5, 0.6) is 0 Å². The third kappa shape index (κ3) is 3.68. The van der Waals surface area contributed by atoms with E-state index in [2.05, 4.69) is 15.2 Å². The lowest BCUT2D eigenvalue weighted by atomic mass is 10.1. The van der Waals surface area contributed by atoms with Crippen LogP contribution in [-0.4, -0.2) is 24.7 Å². The third-order valence-corrected chi connectivity index (χ3v) is 7.10. The van der Waals surface area contributed by atoms with E-state index in [1.807, 2.05) is 84.6 Å². The molecule has 6 nitrogen and oxygen atoms in total. The van der Waals surface area contributed by atoms with Crippen molar-refractivity contribution in [2.75, 3.05) is 0 Å². The van der Waals surface area contributed by atoms with Gasteiger partial charge in [-0.3, -0.25) is 4.79 Å². The third-order valence-electron chi connectivity index (χ3n) is 5.08. The second kappa shape index (κ2) is 8.13. The van der Waals surface area contributed by atoms with E-state index in [-0.39, 0.29) is 10.8 Å².